The first-order valence-corrected chi connectivity index (χ1v) is 4.11. The van der Waals surface area contributed by atoms with Gasteiger partial charge in [-0.2, -0.15) is 0 Å². The Kier molecular flexibility index (Phi) is 5.75. The van der Waals surface area contributed by atoms with Gasteiger partial charge < -0.3 is 10.7 Å². The molecule has 0 rings (SSSR count). The molecule has 0 aliphatic carbocycles. The lowest BCUT2D eigenvalue weighted by molar-refractivity contribution is 0.574. The van der Waals surface area contributed by atoms with Crippen LogP contribution in [0.5, 0.6) is 0 Å². The average Bonchev–Trinajstić information content (AvgIpc) is 2.03. The summed E-state index contributed by atoms with van der Waals surface area (Å²) in [5.41, 5.74) is 0.654. The van der Waals surface area contributed by atoms with Crippen molar-refractivity contribution in [2.45, 2.75) is 19.8 Å². The summed E-state index contributed by atoms with van der Waals surface area (Å²) >= 11 is 0. The fourth-order valence-corrected chi connectivity index (χ4v) is 1.13. The molecule has 0 radical (unpaired) electrons. The van der Waals surface area contributed by atoms with Gasteiger partial charge >= 0.3 is 0 Å². The van der Waals surface area contributed by atoms with Crippen LogP contribution in [0.3, 0.4) is 0 Å². The first-order chi connectivity index (χ1) is 5.26. The standard InChI is InChI=1S/C9H18N2/c1-4-6-8(7-11-3)9(10)5-2/h5,8,10-11H,2,4,6-7H2,1,3H3. The quantitative estimate of drug-likeness (QED) is 0.562. The molecule has 2 heteroatoms. The van der Waals surface area contributed by atoms with Crippen LogP contribution in [0.4, 0.5) is 0 Å². The molecule has 64 valence electrons. The van der Waals surface area contributed by atoms with Gasteiger partial charge in [-0.1, -0.05) is 19.9 Å². The van der Waals surface area contributed by atoms with Gasteiger partial charge in [0.15, 0.2) is 0 Å². The average molecular weight is 154 g/mol. The van der Waals surface area contributed by atoms with Crippen LogP contribution in [-0.2, 0) is 0 Å². The molecule has 0 aliphatic heterocycles. The van der Waals surface area contributed by atoms with Gasteiger partial charge in [0, 0.05) is 18.2 Å². The number of hydrogen-bond donors (Lipinski definition) is 2. The molecule has 0 aliphatic rings. The van der Waals surface area contributed by atoms with Gasteiger partial charge in [0.05, 0.1) is 0 Å². The first-order valence-electron chi connectivity index (χ1n) is 4.11. The molecule has 2 N–H and O–H groups in total. The highest BCUT2D eigenvalue weighted by Crippen LogP contribution is 2.06. The van der Waals surface area contributed by atoms with Gasteiger partial charge in [-0.25, -0.2) is 0 Å². The van der Waals surface area contributed by atoms with Crippen LogP contribution < -0.4 is 5.32 Å². The molecule has 0 saturated heterocycles. The second-order valence-corrected chi connectivity index (χ2v) is 2.70. The highest BCUT2D eigenvalue weighted by atomic mass is 14.8. The van der Waals surface area contributed by atoms with E-state index in [4.69, 9.17) is 5.41 Å². The SMILES string of the molecule is C=CC(=N)C(CCC)CNC. The monoisotopic (exact) mass is 154 g/mol. The zero-order valence-electron chi connectivity index (χ0n) is 7.48. The molecule has 0 aromatic carbocycles. The van der Waals surface area contributed by atoms with Gasteiger partial charge in [0.2, 0.25) is 0 Å². The van der Waals surface area contributed by atoms with E-state index in [1.54, 1.807) is 6.08 Å². The minimum atomic E-state index is 0.350. The zero-order valence-corrected chi connectivity index (χ0v) is 7.48. The molecular formula is C9H18N2. The third kappa shape index (κ3) is 3.94. The molecule has 0 heterocycles. The molecule has 11 heavy (non-hydrogen) atoms. The summed E-state index contributed by atoms with van der Waals surface area (Å²) in [6.45, 7) is 6.62. The highest BCUT2D eigenvalue weighted by molar-refractivity contribution is 5.93. The van der Waals surface area contributed by atoms with Crippen LogP contribution >= 0.6 is 0 Å². The third-order valence-electron chi connectivity index (χ3n) is 1.75. The predicted octanol–water partition coefficient (Wildman–Crippen LogP) is 1.83. The summed E-state index contributed by atoms with van der Waals surface area (Å²) in [4.78, 5) is 0. The normalized spacial score (nSPS) is 12.5. The lowest BCUT2D eigenvalue weighted by Gasteiger charge is -2.13. The largest absolute Gasteiger partial charge is 0.319 e. The minimum Gasteiger partial charge on any atom is -0.319 e. The Bertz CT molecular complexity index is 124. The van der Waals surface area contributed by atoms with Crippen molar-refractivity contribution in [3.63, 3.8) is 0 Å². The van der Waals surface area contributed by atoms with Crippen LogP contribution in [0, 0.1) is 11.3 Å². The van der Waals surface area contributed by atoms with Gasteiger partial charge in [-0.05, 0) is 19.5 Å². The fourth-order valence-electron chi connectivity index (χ4n) is 1.13. The number of hydrogen-bond acceptors (Lipinski definition) is 2. The minimum absolute atomic E-state index is 0.350. The Labute approximate surface area is 69.2 Å². The van der Waals surface area contributed by atoms with E-state index < -0.39 is 0 Å². The summed E-state index contributed by atoms with van der Waals surface area (Å²) in [7, 11) is 1.92. The molecular weight excluding hydrogens is 136 g/mol. The van der Waals surface area contributed by atoms with E-state index in [1.165, 1.54) is 0 Å². The molecule has 0 bridgehead atoms. The van der Waals surface area contributed by atoms with Crippen LogP contribution in [0.25, 0.3) is 0 Å². The van der Waals surface area contributed by atoms with Crippen molar-refractivity contribution < 1.29 is 0 Å². The van der Waals surface area contributed by atoms with E-state index in [0.29, 0.717) is 11.6 Å². The molecule has 0 amide bonds. The first kappa shape index (κ1) is 10.4. The van der Waals surface area contributed by atoms with Crippen LogP contribution in [0.1, 0.15) is 19.8 Å². The van der Waals surface area contributed by atoms with Crippen molar-refractivity contribution in [1.82, 2.24) is 5.32 Å². The van der Waals surface area contributed by atoms with E-state index in [-0.39, 0.29) is 0 Å². The molecule has 1 atom stereocenters. The maximum Gasteiger partial charge on any atom is 0.0351 e. The Morgan fingerprint density at radius 1 is 1.73 bits per heavy atom. The van der Waals surface area contributed by atoms with Gasteiger partial charge in [0.1, 0.15) is 0 Å². The smallest absolute Gasteiger partial charge is 0.0351 e. The molecule has 0 aromatic heterocycles. The van der Waals surface area contributed by atoms with Crippen molar-refractivity contribution >= 4 is 5.71 Å². The summed E-state index contributed by atoms with van der Waals surface area (Å²) in [5, 5.41) is 10.6. The lowest BCUT2D eigenvalue weighted by Crippen LogP contribution is -2.24. The Morgan fingerprint density at radius 2 is 2.36 bits per heavy atom. The maximum atomic E-state index is 7.54. The van der Waals surface area contributed by atoms with E-state index in [1.807, 2.05) is 7.05 Å². The summed E-state index contributed by atoms with van der Waals surface area (Å²) < 4.78 is 0. The van der Waals surface area contributed by atoms with Crippen molar-refractivity contribution in [1.29, 1.82) is 5.41 Å². The third-order valence-corrected chi connectivity index (χ3v) is 1.75. The molecule has 0 spiro atoms. The van der Waals surface area contributed by atoms with Crippen LogP contribution in [0.15, 0.2) is 12.7 Å². The van der Waals surface area contributed by atoms with Crippen molar-refractivity contribution in [2.75, 3.05) is 13.6 Å². The van der Waals surface area contributed by atoms with E-state index in [2.05, 4.69) is 18.8 Å². The summed E-state index contributed by atoms with van der Waals surface area (Å²) in [6, 6.07) is 0. The molecule has 1 unspecified atom stereocenters. The van der Waals surface area contributed by atoms with Crippen molar-refractivity contribution in [3.05, 3.63) is 12.7 Å². The molecule has 0 fully saturated rings. The number of nitrogens with one attached hydrogen (secondary N) is 2. The lowest BCUT2D eigenvalue weighted by atomic mass is 9.98. The topological polar surface area (TPSA) is 35.9 Å². The van der Waals surface area contributed by atoms with Crippen LogP contribution in [0.2, 0.25) is 0 Å². The summed E-state index contributed by atoms with van der Waals surface area (Å²) in [6.07, 6.45) is 3.84. The number of rotatable bonds is 6. The van der Waals surface area contributed by atoms with Crippen molar-refractivity contribution in [3.8, 4) is 0 Å². The number of allylic oxidation sites excluding steroid dienone is 1. The van der Waals surface area contributed by atoms with Gasteiger partial charge in [-0.3, -0.25) is 0 Å². The zero-order chi connectivity index (χ0) is 8.69. The second kappa shape index (κ2) is 6.10. The van der Waals surface area contributed by atoms with E-state index in [9.17, 15) is 0 Å². The highest BCUT2D eigenvalue weighted by Gasteiger charge is 2.08. The Balaban J connectivity index is 3.86. The van der Waals surface area contributed by atoms with Crippen LogP contribution in [-0.4, -0.2) is 19.3 Å². The van der Waals surface area contributed by atoms with Crippen molar-refractivity contribution in [2.24, 2.45) is 5.92 Å². The fraction of sp³-hybridized carbons (Fsp3) is 0.667. The van der Waals surface area contributed by atoms with E-state index in [0.717, 1.165) is 19.4 Å². The Morgan fingerprint density at radius 3 is 2.73 bits per heavy atom. The van der Waals surface area contributed by atoms with E-state index >= 15 is 0 Å². The maximum absolute atomic E-state index is 7.54. The predicted molar refractivity (Wildman–Crippen MR) is 50.2 cm³/mol. The molecule has 0 aromatic rings. The molecule has 0 saturated carbocycles. The summed E-state index contributed by atoms with van der Waals surface area (Å²) in [5.74, 6) is 0.350. The van der Waals surface area contributed by atoms with Gasteiger partial charge in [-0.15, -0.1) is 0 Å². The molecule has 2 nitrogen and oxygen atoms in total. The second-order valence-electron chi connectivity index (χ2n) is 2.70. The van der Waals surface area contributed by atoms with Gasteiger partial charge in [0.25, 0.3) is 0 Å². The Hall–Kier alpha value is -0.630.